The molecule has 2 unspecified atom stereocenters. The fourth-order valence-electron chi connectivity index (χ4n) is 2.12. The average molecular weight is 360 g/mol. The van der Waals surface area contributed by atoms with E-state index in [2.05, 4.69) is 13.2 Å². The number of ether oxygens (including phenoxy) is 2. The summed E-state index contributed by atoms with van der Waals surface area (Å²) in [4.78, 5) is 22.9. The number of allylic oxidation sites excluding steroid dienone is 2. The maximum Gasteiger partial charge on any atom is 0.338 e. The Balaban J connectivity index is 2.16. The highest BCUT2D eigenvalue weighted by atomic mass is 19.1. The van der Waals surface area contributed by atoms with Gasteiger partial charge < -0.3 is 9.47 Å². The number of benzene rings is 1. The van der Waals surface area contributed by atoms with Gasteiger partial charge in [0.25, 0.3) is 0 Å². The molecule has 4 nitrogen and oxygen atoms in total. The zero-order chi connectivity index (χ0) is 19.4. The van der Waals surface area contributed by atoms with Gasteiger partial charge in [0.2, 0.25) is 0 Å². The Bertz CT molecular complexity index is 836. The average Bonchev–Trinajstić information content (AvgIpc) is 2.56. The number of halogens is 2. The van der Waals surface area contributed by atoms with Gasteiger partial charge in [0.1, 0.15) is 11.6 Å². The van der Waals surface area contributed by atoms with Gasteiger partial charge in [0.15, 0.2) is 12.3 Å². The molecule has 0 saturated carbocycles. The van der Waals surface area contributed by atoms with Crippen molar-refractivity contribution in [2.75, 3.05) is 0 Å². The predicted octanol–water partition coefficient (Wildman–Crippen LogP) is 4.09. The van der Waals surface area contributed by atoms with E-state index in [1.807, 2.05) is 0 Å². The number of hydrogen-bond donors (Lipinski definition) is 0. The Kier molecular flexibility index (Phi) is 5.87. The maximum atomic E-state index is 14.3. The molecule has 0 radical (unpaired) electrons. The van der Waals surface area contributed by atoms with Crippen molar-refractivity contribution in [3.63, 3.8) is 0 Å². The summed E-state index contributed by atoms with van der Waals surface area (Å²) in [5.74, 6) is -2.03. The van der Waals surface area contributed by atoms with Crippen molar-refractivity contribution in [2.45, 2.75) is 26.1 Å². The summed E-state index contributed by atoms with van der Waals surface area (Å²) in [5.41, 5.74) is 0.758. The summed E-state index contributed by atoms with van der Waals surface area (Å²) in [6.45, 7) is 9.81. The van der Waals surface area contributed by atoms with E-state index < -0.39 is 30.0 Å². The lowest BCUT2D eigenvalue weighted by atomic mass is 9.96. The van der Waals surface area contributed by atoms with Crippen molar-refractivity contribution in [2.24, 2.45) is 0 Å². The van der Waals surface area contributed by atoms with Gasteiger partial charge in [-0.3, -0.25) is 0 Å². The third kappa shape index (κ3) is 4.53. The summed E-state index contributed by atoms with van der Waals surface area (Å²) in [5, 5.41) is 0. The molecule has 2 atom stereocenters. The Morgan fingerprint density at radius 1 is 1.12 bits per heavy atom. The van der Waals surface area contributed by atoms with Crippen LogP contribution in [0, 0.1) is 5.82 Å². The second kappa shape index (κ2) is 7.91. The molecular formula is C20H18F2O4. The number of carbonyl (C=O) groups is 2. The first kappa shape index (κ1) is 19.3. The monoisotopic (exact) mass is 360 g/mol. The second-order valence-corrected chi connectivity index (χ2v) is 5.89. The Labute approximate surface area is 150 Å². The first-order valence-corrected chi connectivity index (χ1v) is 7.77. The van der Waals surface area contributed by atoms with E-state index in [0.717, 1.165) is 12.1 Å². The van der Waals surface area contributed by atoms with E-state index in [1.165, 1.54) is 38.1 Å². The van der Waals surface area contributed by atoms with Crippen molar-refractivity contribution in [3.8, 4) is 5.75 Å². The molecule has 1 aromatic carbocycles. The molecule has 1 aliphatic rings. The van der Waals surface area contributed by atoms with Crippen LogP contribution in [0.1, 0.15) is 19.4 Å². The SMILES string of the molecule is C=C(C)C(=O)Oc1ccc(C2=CC(F)C(OC(=O)C(=C)C)C=C2)c(F)c1. The van der Waals surface area contributed by atoms with Crippen LogP contribution in [0.25, 0.3) is 5.57 Å². The largest absolute Gasteiger partial charge is 0.451 e. The lowest BCUT2D eigenvalue weighted by molar-refractivity contribution is -0.144. The first-order valence-electron chi connectivity index (χ1n) is 7.77. The Morgan fingerprint density at radius 3 is 2.31 bits per heavy atom. The highest BCUT2D eigenvalue weighted by molar-refractivity contribution is 5.89. The van der Waals surface area contributed by atoms with Crippen LogP contribution >= 0.6 is 0 Å². The van der Waals surface area contributed by atoms with Gasteiger partial charge in [0.05, 0.1) is 0 Å². The van der Waals surface area contributed by atoms with E-state index in [1.54, 1.807) is 0 Å². The van der Waals surface area contributed by atoms with Crippen molar-refractivity contribution in [3.05, 3.63) is 72.1 Å². The number of esters is 2. The summed E-state index contributed by atoms with van der Waals surface area (Å²) in [6.07, 6.45) is 1.24. The lowest BCUT2D eigenvalue weighted by Crippen LogP contribution is -2.27. The van der Waals surface area contributed by atoms with Crippen molar-refractivity contribution in [1.29, 1.82) is 0 Å². The van der Waals surface area contributed by atoms with Crippen molar-refractivity contribution < 1.29 is 27.8 Å². The van der Waals surface area contributed by atoms with E-state index in [9.17, 15) is 18.4 Å². The maximum absolute atomic E-state index is 14.3. The lowest BCUT2D eigenvalue weighted by Gasteiger charge is -2.21. The molecule has 26 heavy (non-hydrogen) atoms. The van der Waals surface area contributed by atoms with E-state index >= 15 is 0 Å². The normalized spacial score (nSPS) is 18.7. The fourth-order valence-corrected chi connectivity index (χ4v) is 2.12. The van der Waals surface area contributed by atoms with Crippen LogP contribution in [-0.2, 0) is 14.3 Å². The van der Waals surface area contributed by atoms with Gasteiger partial charge in [-0.15, -0.1) is 0 Å². The third-order valence-electron chi connectivity index (χ3n) is 3.52. The van der Waals surface area contributed by atoms with Crippen LogP contribution in [-0.4, -0.2) is 24.2 Å². The molecule has 1 aromatic rings. The Morgan fingerprint density at radius 2 is 1.77 bits per heavy atom. The fraction of sp³-hybridized carbons (Fsp3) is 0.200. The number of hydrogen-bond acceptors (Lipinski definition) is 4. The first-order chi connectivity index (χ1) is 12.2. The van der Waals surface area contributed by atoms with Crippen LogP contribution in [0.4, 0.5) is 8.78 Å². The molecular weight excluding hydrogens is 342 g/mol. The minimum Gasteiger partial charge on any atom is -0.451 e. The summed E-state index contributed by atoms with van der Waals surface area (Å²) >= 11 is 0. The molecule has 1 aliphatic carbocycles. The second-order valence-electron chi connectivity index (χ2n) is 5.89. The zero-order valence-electron chi connectivity index (χ0n) is 14.4. The number of carbonyl (C=O) groups excluding carboxylic acids is 2. The Hall–Kier alpha value is -3.02. The summed E-state index contributed by atoms with van der Waals surface area (Å²) < 4.78 is 38.5. The van der Waals surface area contributed by atoms with Crippen molar-refractivity contribution >= 4 is 17.5 Å². The quantitative estimate of drug-likeness (QED) is 0.451. The molecule has 6 heteroatoms. The van der Waals surface area contributed by atoms with Crippen LogP contribution in [0.2, 0.25) is 0 Å². The molecule has 0 spiro atoms. The third-order valence-corrected chi connectivity index (χ3v) is 3.52. The molecule has 0 heterocycles. The van der Waals surface area contributed by atoms with Gasteiger partial charge in [-0.2, -0.15) is 0 Å². The summed E-state index contributed by atoms with van der Waals surface area (Å²) in [6, 6.07) is 3.80. The smallest absolute Gasteiger partial charge is 0.338 e. The van der Waals surface area contributed by atoms with Gasteiger partial charge in [-0.05, 0) is 43.7 Å². The standard InChI is InChI=1S/C20H18F2O4/c1-11(2)19(23)25-14-6-7-15(16(21)10-14)13-5-8-18(17(22)9-13)26-20(24)12(3)4/h5-10,17-18H,1,3H2,2,4H3. The molecule has 0 fully saturated rings. The molecule has 2 rings (SSSR count). The zero-order valence-corrected chi connectivity index (χ0v) is 14.4. The van der Waals surface area contributed by atoms with Crippen molar-refractivity contribution in [1.82, 2.24) is 0 Å². The molecule has 0 aliphatic heterocycles. The summed E-state index contributed by atoms with van der Waals surface area (Å²) in [7, 11) is 0. The van der Waals surface area contributed by atoms with E-state index in [4.69, 9.17) is 9.47 Å². The van der Waals surface area contributed by atoms with Gasteiger partial charge in [-0.1, -0.05) is 19.2 Å². The molecule has 0 bridgehead atoms. The number of alkyl halides is 1. The van der Waals surface area contributed by atoms with Crippen LogP contribution in [0.5, 0.6) is 5.75 Å². The molecule has 0 amide bonds. The van der Waals surface area contributed by atoms with Crippen LogP contribution in [0.15, 0.2) is 60.7 Å². The predicted molar refractivity (Wildman–Crippen MR) is 93.6 cm³/mol. The minimum atomic E-state index is -1.63. The highest BCUT2D eigenvalue weighted by Crippen LogP contribution is 2.29. The van der Waals surface area contributed by atoms with E-state index in [-0.39, 0.29) is 28.0 Å². The molecule has 136 valence electrons. The van der Waals surface area contributed by atoms with Gasteiger partial charge in [-0.25, -0.2) is 18.4 Å². The van der Waals surface area contributed by atoms with E-state index in [0.29, 0.717) is 0 Å². The number of rotatable bonds is 5. The topological polar surface area (TPSA) is 52.6 Å². The molecule has 0 aromatic heterocycles. The minimum absolute atomic E-state index is 0.0182. The van der Waals surface area contributed by atoms with Crippen LogP contribution in [0.3, 0.4) is 0 Å². The molecule has 0 saturated heterocycles. The molecule has 0 N–H and O–H groups in total. The van der Waals surface area contributed by atoms with Gasteiger partial charge >= 0.3 is 11.9 Å². The van der Waals surface area contributed by atoms with Crippen LogP contribution < -0.4 is 4.74 Å². The van der Waals surface area contributed by atoms with Gasteiger partial charge in [0, 0.05) is 22.8 Å². The highest BCUT2D eigenvalue weighted by Gasteiger charge is 2.25.